The molecule has 0 unspecified atom stereocenters. The third-order valence-corrected chi connectivity index (χ3v) is 5.03. The Hall–Kier alpha value is -2.87. The number of carbonyl (C=O) groups is 1. The maximum Gasteiger partial charge on any atom is 0.311 e. The molecule has 0 aliphatic carbocycles. The normalized spacial score (nSPS) is 17.1. The van der Waals surface area contributed by atoms with E-state index in [-0.39, 0.29) is 29.9 Å². The first-order valence-corrected chi connectivity index (χ1v) is 8.89. The van der Waals surface area contributed by atoms with Gasteiger partial charge in [-0.1, -0.05) is 0 Å². The predicted molar refractivity (Wildman–Crippen MR) is 102 cm³/mol. The topological polar surface area (TPSA) is 89.6 Å². The second-order valence-electron chi connectivity index (χ2n) is 6.82. The van der Waals surface area contributed by atoms with Crippen molar-refractivity contribution in [2.24, 2.45) is 7.05 Å². The number of hydrogen-bond donors (Lipinski definition) is 1. The molecule has 2 heterocycles. The molecular weight excluding hydrogens is 348 g/mol. The molecule has 8 nitrogen and oxygen atoms in total. The van der Waals surface area contributed by atoms with Crippen LogP contribution in [0.15, 0.2) is 30.5 Å². The highest BCUT2D eigenvalue weighted by molar-refractivity contribution is 5.93. The zero-order valence-electron chi connectivity index (χ0n) is 15.8. The first kappa shape index (κ1) is 18.9. The minimum absolute atomic E-state index is 0.115. The third-order valence-electron chi connectivity index (χ3n) is 5.03. The van der Waals surface area contributed by atoms with Gasteiger partial charge in [0.15, 0.2) is 5.75 Å². The summed E-state index contributed by atoms with van der Waals surface area (Å²) in [7, 11) is 3.39. The van der Waals surface area contributed by atoms with Crippen LogP contribution in [-0.2, 0) is 11.8 Å². The van der Waals surface area contributed by atoms with Gasteiger partial charge in [0.25, 0.3) is 0 Å². The fourth-order valence-electron chi connectivity index (χ4n) is 3.66. The van der Waals surface area contributed by atoms with Crippen LogP contribution in [0.3, 0.4) is 0 Å². The Labute approximate surface area is 157 Å². The average molecular weight is 372 g/mol. The molecule has 1 N–H and O–H groups in total. The van der Waals surface area contributed by atoms with Crippen LogP contribution >= 0.6 is 0 Å². The predicted octanol–water partition coefficient (Wildman–Crippen LogP) is 3.03. The Morgan fingerprint density at radius 2 is 2.22 bits per heavy atom. The highest BCUT2D eigenvalue weighted by Crippen LogP contribution is 2.34. The molecule has 0 saturated carbocycles. The number of hydrogen-bond acceptors (Lipinski definition) is 5. The van der Waals surface area contributed by atoms with Crippen LogP contribution in [0, 0.1) is 17.0 Å². The van der Waals surface area contributed by atoms with E-state index in [1.165, 1.54) is 24.9 Å². The van der Waals surface area contributed by atoms with E-state index in [2.05, 4.69) is 20.9 Å². The van der Waals surface area contributed by atoms with E-state index in [9.17, 15) is 14.9 Å². The number of amides is 1. The van der Waals surface area contributed by atoms with Crippen molar-refractivity contribution in [1.82, 2.24) is 9.47 Å². The van der Waals surface area contributed by atoms with E-state index in [0.717, 1.165) is 19.4 Å². The summed E-state index contributed by atoms with van der Waals surface area (Å²) in [5, 5.41) is 14.0. The van der Waals surface area contributed by atoms with Crippen LogP contribution in [0.2, 0.25) is 0 Å². The van der Waals surface area contributed by atoms with Crippen molar-refractivity contribution >= 4 is 17.3 Å². The third kappa shape index (κ3) is 3.95. The lowest BCUT2D eigenvalue weighted by atomic mass is 10.1. The lowest BCUT2D eigenvalue weighted by Crippen LogP contribution is -2.33. The standard InChI is InChI=1S/C19H24N4O4/c1-13-10-17(23(25)26)18(27-3)11-14(13)20-19(24)12-22-9-5-7-16(22)15-6-4-8-21(15)2/h4,6,8,10-11,16H,5,7,9,12H2,1-3H3,(H,20,24)/t16-/m1/s1. The minimum Gasteiger partial charge on any atom is -0.490 e. The van der Waals surface area contributed by atoms with Crippen LogP contribution in [0.5, 0.6) is 5.75 Å². The smallest absolute Gasteiger partial charge is 0.311 e. The monoisotopic (exact) mass is 372 g/mol. The maximum atomic E-state index is 12.6. The second-order valence-corrected chi connectivity index (χ2v) is 6.82. The zero-order valence-corrected chi connectivity index (χ0v) is 15.8. The number of nitro groups is 1. The second kappa shape index (κ2) is 7.79. The molecule has 1 amide bonds. The van der Waals surface area contributed by atoms with Crippen molar-refractivity contribution < 1.29 is 14.5 Å². The molecule has 8 heteroatoms. The fraction of sp³-hybridized carbons (Fsp3) is 0.421. The molecule has 3 rings (SSSR count). The van der Waals surface area contributed by atoms with Crippen LogP contribution in [-0.4, -0.2) is 40.5 Å². The van der Waals surface area contributed by atoms with E-state index in [1.54, 1.807) is 6.92 Å². The Kier molecular flexibility index (Phi) is 5.46. The van der Waals surface area contributed by atoms with Gasteiger partial charge in [0.05, 0.1) is 24.6 Å². The summed E-state index contributed by atoms with van der Waals surface area (Å²) in [5.74, 6) is -0.0149. The Bertz CT molecular complexity index is 861. The number of nitrogens with zero attached hydrogens (tertiary/aromatic N) is 3. The summed E-state index contributed by atoms with van der Waals surface area (Å²) in [6.45, 7) is 2.87. The average Bonchev–Trinajstić information content (AvgIpc) is 3.24. The Morgan fingerprint density at radius 1 is 1.44 bits per heavy atom. The SMILES string of the molecule is COc1cc(NC(=O)CN2CCC[C@@H]2c2cccn2C)c(C)cc1[N+](=O)[O-]. The zero-order chi connectivity index (χ0) is 19.6. The number of methoxy groups -OCH3 is 1. The summed E-state index contributed by atoms with van der Waals surface area (Å²) >= 11 is 0. The maximum absolute atomic E-state index is 12.6. The molecule has 1 aliphatic rings. The number of aryl methyl sites for hydroxylation is 2. The van der Waals surface area contributed by atoms with E-state index >= 15 is 0 Å². The Balaban J connectivity index is 1.72. The number of likely N-dealkylation sites (tertiary alicyclic amines) is 1. The van der Waals surface area contributed by atoms with Crippen LogP contribution < -0.4 is 10.1 Å². The molecule has 0 spiro atoms. The first-order chi connectivity index (χ1) is 12.9. The summed E-state index contributed by atoms with van der Waals surface area (Å²) in [4.78, 5) is 25.4. The van der Waals surface area contributed by atoms with Gasteiger partial charge >= 0.3 is 5.69 Å². The number of benzene rings is 1. The van der Waals surface area contributed by atoms with Crippen LogP contribution in [0.4, 0.5) is 11.4 Å². The molecule has 1 saturated heterocycles. The van der Waals surface area contributed by atoms with Gasteiger partial charge in [-0.2, -0.15) is 0 Å². The summed E-state index contributed by atoms with van der Waals surface area (Å²) in [6.07, 6.45) is 4.08. The molecule has 1 aromatic carbocycles. The van der Waals surface area contributed by atoms with Gasteiger partial charge in [0, 0.05) is 36.8 Å². The van der Waals surface area contributed by atoms with Crippen LogP contribution in [0.1, 0.15) is 30.1 Å². The quantitative estimate of drug-likeness (QED) is 0.622. The lowest BCUT2D eigenvalue weighted by molar-refractivity contribution is -0.385. The Morgan fingerprint density at radius 3 is 2.85 bits per heavy atom. The van der Waals surface area contributed by atoms with E-state index in [1.807, 2.05) is 19.3 Å². The molecule has 1 atom stereocenters. The van der Waals surface area contributed by atoms with E-state index in [0.29, 0.717) is 11.3 Å². The highest BCUT2D eigenvalue weighted by atomic mass is 16.6. The van der Waals surface area contributed by atoms with Gasteiger partial charge < -0.3 is 14.6 Å². The molecule has 0 radical (unpaired) electrons. The van der Waals surface area contributed by atoms with Crippen molar-refractivity contribution in [1.29, 1.82) is 0 Å². The van der Waals surface area contributed by atoms with Crippen LogP contribution in [0.25, 0.3) is 0 Å². The number of nitro benzene ring substituents is 1. The van der Waals surface area contributed by atoms with Gasteiger partial charge in [0.2, 0.25) is 5.91 Å². The lowest BCUT2D eigenvalue weighted by Gasteiger charge is -2.24. The van der Waals surface area contributed by atoms with Crippen molar-refractivity contribution in [2.75, 3.05) is 25.5 Å². The first-order valence-electron chi connectivity index (χ1n) is 8.89. The van der Waals surface area contributed by atoms with Gasteiger partial charge in [-0.05, 0) is 44.0 Å². The molecule has 1 fully saturated rings. The number of nitrogens with one attached hydrogen (secondary N) is 1. The molecule has 144 valence electrons. The fourth-order valence-corrected chi connectivity index (χ4v) is 3.66. The number of ether oxygens (including phenoxy) is 1. The summed E-state index contributed by atoms with van der Waals surface area (Å²) in [5.41, 5.74) is 2.23. The molecular formula is C19H24N4O4. The van der Waals surface area contributed by atoms with Gasteiger partial charge in [-0.15, -0.1) is 0 Å². The van der Waals surface area contributed by atoms with E-state index in [4.69, 9.17) is 4.74 Å². The summed E-state index contributed by atoms with van der Waals surface area (Å²) in [6, 6.07) is 7.24. The van der Waals surface area contributed by atoms with Gasteiger partial charge in [-0.3, -0.25) is 19.8 Å². The number of anilines is 1. The van der Waals surface area contributed by atoms with E-state index < -0.39 is 4.92 Å². The molecule has 2 aromatic rings. The number of carbonyl (C=O) groups excluding carboxylic acids is 1. The molecule has 0 bridgehead atoms. The molecule has 27 heavy (non-hydrogen) atoms. The minimum atomic E-state index is -0.494. The van der Waals surface area contributed by atoms with Gasteiger partial charge in [0.1, 0.15) is 0 Å². The summed E-state index contributed by atoms with van der Waals surface area (Å²) < 4.78 is 7.18. The van der Waals surface area contributed by atoms with Gasteiger partial charge in [-0.25, -0.2) is 0 Å². The largest absolute Gasteiger partial charge is 0.490 e. The molecule has 1 aliphatic heterocycles. The van der Waals surface area contributed by atoms with Crippen molar-refractivity contribution in [3.05, 3.63) is 51.8 Å². The molecule has 1 aromatic heterocycles. The van der Waals surface area contributed by atoms with Crippen molar-refractivity contribution in [2.45, 2.75) is 25.8 Å². The highest BCUT2D eigenvalue weighted by Gasteiger charge is 2.29. The number of rotatable bonds is 6. The van der Waals surface area contributed by atoms with Crippen molar-refractivity contribution in [3.8, 4) is 5.75 Å². The number of aromatic nitrogens is 1. The van der Waals surface area contributed by atoms with Crippen molar-refractivity contribution in [3.63, 3.8) is 0 Å².